The molecule has 3 amide bonds. The summed E-state index contributed by atoms with van der Waals surface area (Å²) >= 11 is 1.87. The average molecular weight is 372 g/mol. The number of ketones is 1. The molecule has 0 aromatic heterocycles. The molecule has 2 aliphatic rings. The molecule has 0 bridgehead atoms. The van der Waals surface area contributed by atoms with Crippen molar-refractivity contribution in [2.75, 3.05) is 12.3 Å². The second kappa shape index (κ2) is 9.98. The summed E-state index contributed by atoms with van der Waals surface area (Å²) in [4.78, 5) is 35.5. The highest BCUT2D eigenvalue weighted by Gasteiger charge is 2.42. The van der Waals surface area contributed by atoms with Gasteiger partial charge in [0.15, 0.2) is 0 Å². The van der Waals surface area contributed by atoms with Crippen LogP contribution in [0.15, 0.2) is 0 Å². The number of rotatable bonds is 11. The normalized spacial score (nSPS) is 25.8. The monoisotopic (exact) mass is 371 g/mol. The fourth-order valence-electron chi connectivity index (χ4n) is 3.49. The number of hydrogen-bond donors (Lipinski definition) is 5. The van der Waals surface area contributed by atoms with E-state index in [0.29, 0.717) is 24.6 Å². The van der Waals surface area contributed by atoms with E-state index >= 15 is 0 Å². The van der Waals surface area contributed by atoms with Crippen LogP contribution >= 0.6 is 11.8 Å². The van der Waals surface area contributed by atoms with Gasteiger partial charge in [0.25, 0.3) is 0 Å². The van der Waals surface area contributed by atoms with E-state index in [-0.39, 0.29) is 23.9 Å². The lowest BCUT2D eigenvalue weighted by molar-refractivity contribution is -0.134. The van der Waals surface area contributed by atoms with Crippen LogP contribution in [0.1, 0.15) is 44.9 Å². The second-order valence-electron chi connectivity index (χ2n) is 6.68. The van der Waals surface area contributed by atoms with Crippen LogP contribution < -0.4 is 27.6 Å². The molecule has 9 heteroatoms. The Hall–Kier alpha value is -1.32. The molecule has 0 aromatic carbocycles. The van der Waals surface area contributed by atoms with E-state index in [2.05, 4.69) is 16.1 Å². The lowest BCUT2D eigenvalue weighted by atomic mass is 9.92. The van der Waals surface area contributed by atoms with Crippen molar-refractivity contribution in [3.05, 3.63) is 0 Å². The largest absolute Gasteiger partial charge is 0.332 e. The summed E-state index contributed by atoms with van der Waals surface area (Å²) in [5.74, 6) is 5.01. The number of nitrogens with one attached hydrogen (secondary N) is 3. The first-order chi connectivity index (χ1) is 12.1. The SMILES string of the molecule is NCCCCC(C(=O)CCCC[C@@H]1SC[C@@H]2NC(=O)N[C@@H]21)C(=O)NN. The van der Waals surface area contributed by atoms with Crippen LogP contribution in [-0.4, -0.2) is 47.4 Å². The highest BCUT2D eigenvalue weighted by Crippen LogP contribution is 2.33. The van der Waals surface area contributed by atoms with Crippen molar-refractivity contribution in [3.8, 4) is 0 Å². The van der Waals surface area contributed by atoms with Gasteiger partial charge in [0, 0.05) is 17.4 Å². The van der Waals surface area contributed by atoms with Crippen LogP contribution in [0.4, 0.5) is 4.79 Å². The Labute approximate surface area is 152 Å². The van der Waals surface area contributed by atoms with Gasteiger partial charge in [-0.3, -0.25) is 15.0 Å². The summed E-state index contributed by atoms with van der Waals surface area (Å²) in [7, 11) is 0. The highest BCUT2D eigenvalue weighted by atomic mass is 32.2. The predicted octanol–water partition coefficient (Wildman–Crippen LogP) is 0.0164. The Morgan fingerprint density at radius 3 is 2.76 bits per heavy atom. The first kappa shape index (κ1) is 20.0. The zero-order valence-electron chi connectivity index (χ0n) is 14.5. The van der Waals surface area contributed by atoms with Crippen LogP contribution in [-0.2, 0) is 9.59 Å². The Bertz CT molecular complexity index is 490. The van der Waals surface area contributed by atoms with Crippen molar-refractivity contribution in [2.45, 2.75) is 62.3 Å². The van der Waals surface area contributed by atoms with Gasteiger partial charge in [0.05, 0.1) is 18.0 Å². The Kier molecular flexibility index (Phi) is 7.98. The number of hydrogen-bond acceptors (Lipinski definition) is 6. The number of hydrazine groups is 1. The van der Waals surface area contributed by atoms with E-state index in [1.54, 1.807) is 0 Å². The van der Waals surface area contributed by atoms with Gasteiger partial charge < -0.3 is 16.4 Å². The Balaban J connectivity index is 1.69. The third-order valence-electron chi connectivity index (χ3n) is 4.89. The molecule has 2 fully saturated rings. The topological polar surface area (TPSA) is 139 Å². The molecule has 4 atom stereocenters. The molecule has 2 heterocycles. The standard InChI is InChI=1S/C16H29N5O3S/c17-8-4-3-5-10(15(23)21-18)12(22)6-1-2-7-13-14-11(9-25-13)19-16(24)20-14/h10-11,13-14H,1-9,17-18H2,(H,21,23)(H2,19,20,24)/t10?,11-,13-,14-/m0/s1. The number of Topliss-reactive ketones (excluding diaryl/α,β-unsaturated/α-hetero) is 1. The van der Waals surface area contributed by atoms with E-state index in [0.717, 1.165) is 37.9 Å². The second-order valence-corrected chi connectivity index (χ2v) is 7.95. The van der Waals surface area contributed by atoms with Gasteiger partial charge in [-0.05, 0) is 32.2 Å². The number of carbonyl (C=O) groups excluding carboxylic acids is 3. The number of carbonyl (C=O) groups is 3. The van der Waals surface area contributed by atoms with Gasteiger partial charge in [0.2, 0.25) is 5.91 Å². The summed E-state index contributed by atoms with van der Waals surface area (Å²) in [6.45, 7) is 0.553. The number of nitrogens with two attached hydrogens (primary N) is 2. The molecule has 2 rings (SSSR count). The molecule has 1 unspecified atom stereocenters. The minimum absolute atomic E-state index is 0.0484. The summed E-state index contributed by atoms with van der Waals surface area (Å²) in [6.07, 6.45) is 5.04. The van der Waals surface area contributed by atoms with Crippen molar-refractivity contribution in [1.82, 2.24) is 16.1 Å². The maximum Gasteiger partial charge on any atom is 0.315 e. The first-order valence-corrected chi connectivity index (χ1v) is 10.0. The molecular formula is C16H29N5O3S. The molecular weight excluding hydrogens is 342 g/mol. The maximum absolute atomic E-state index is 12.3. The van der Waals surface area contributed by atoms with Gasteiger partial charge in [-0.2, -0.15) is 11.8 Å². The fourth-order valence-corrected chi connectivity index (χ4v) is 5.04. The van der Waals surface area contributed by atoms with Gasteiger partial charge in [0.1, 0.15) is 5.78 Å². The molecule has 2 aliphatic heterocycles. The smallest absolute Gasteiger partial charge is 0.315 e. The average Bonchev–Trinajstić information content (AvgIpc) is 3.14. The van der Waals surface area contributed by atoms with Crippen LogP contribution in [0, 0.1) is 5.92 Å². The number of amides is 3. The van der Waals surface area contributed by atoms with Gasteiger partial charge in [-0.1, -0.05) is 12.8 Å². The molecule has 0 saturated carbocycles. The van der Waals surface area contributed by atoms with E-state index in [1.807, 2.05) is 11.8 Å². The minimum atomic E-state index is -0.667. The number of fused-ring (bicyclic) bond motifs is 1. The van der Waals surface area contributed by atoms with Crippen LogP contribution in [0.5, 0.6) is 0 Å². The third-order valence-corrected chi connectivity index (χ3v) is 6.40. The number of urea groups is 1. The van der Waals surface area contributed by atoms with Crippen molar-refractivity contribution in [3.63, 3.8) is 0 Å². The molecule has 2 saturated heterocycles. The van der Waals surface area contributed by atoms with Gasteiger partial charge in [-0.15, -0.1) is 0 Å². The fraction of sp³-hybridized carbons (Fsp3) is 0.812. The van der Waals surface area contributed by atoms with Crippen molar-refractivity contribution in [1.29, 1.82) is 0 Å². The van der Waals surface area contributed by atoms with Crippen molar-refractivity contribution >= 4 is 29.5 Å². The molecule has 0 aliphatic carbocycles. The minimum Gasteiger partial charge on any atom is -0.332 e. The summed E-state index contributed by atoms with van der Waals surface area (Å²) < 4.78 is 0. The van der Waals surface area contributed by atoms with Gasteiger partial charge in [-0.25, -0.2) is 10.6 Å². The molecule has 7 N–H and O–H groups in total. The van der Waals surface area contributed by atoms with Crippen LogP contribution in [0.2, 0.25) is 0 Å². The van der Waals surface area contributed by atoms with Crippen molar-refractivity contribution < 1.29 is 14.4 Å². The molecule has 25 heavy (non-hydrogen) atoms. The lowest BCUT2D eigenvalue weighted by Crippen LogP contribution is -2.39. The van der Waals surface area contributed by atoms with E-state index in [1.165, 1.54) is 0 Å². The first-order valence-electron chi connectivity index (χ1n) is 8.98. The van der Waals surface area contributed by atoms with E-state index in [9.17, 15) is 14.4 Å². The van der Waals surface area contributed by atoms with Crippen LogP contribution in [0.25, 0.3) is 0 Å². The summed E-state index contributed by atoms with van der Waals surface area (Å²) in [5, 5.41) is 6.29. The maximum atomic E-state index is 12.3. The highest BCUT2D eigenvalue weighted by molar-refractivity contribution is 8.00. The summed E-state index contributed by atoms with van der Waals surface area (Å²) in [6, 6.07) is 0.341. The predicted molar refractivity (Wildman–Crippen MR) is 97.7 cm³/mol. The Morgan fingerprint density at radius 2 is 2.04 bits per heavy atom. The number of thioether (sulfide) groups is 1. The van der Waals surface area contributed by atoms with Crippen molar-refractivity contribution in [2.24, 2.45) is 17.5 Å². The Morgan fingerprint density at radius 1 is 1.24 bits per heavy atom. The zero-order valence-corrected chi connectivity index (χ0v) is 15.3. The molecule has 0 spiro atoms. The summed E-state index contributed by atoms with van der Waals surface area (Å²) in [5.41, 5.74) is 7.56. The molecule has 8 nitrogen and oxygen atoms in total. The number of unbranched alkanes of at least 4 members (excludes halogenated alkanes) is 2. The quantitative estimate of drug-likeness (QED) is 0.0866. The molecule has 0 radical (unpaired) electrons. The lowest BCUT2D eigenvalue weighted by Gasteiger charge is -2.17. The third kappa shape index (κ3) is 5.58. The van der Waals surface area contributed by atoms with E-state index < -0.39 is 11.8 Å². The molecule has 0 aromatic rings. The van der Waals surface area contributed by atoms with E-state index in [4.69, 9.17) is 11.6 Å². The van der Waals surface area contributed by atoms with Crippen LogP contribution in [0.3, 0.4) is 0 Å². The zero-order chi connectivity index (χ0) is 18.2. The van der Waals surface area contributed by atoms with Gasteiger partial charge >= 0.3 is 6.03 Å². The molecule has 142 valence electrons.